The van der Waals surface area contributed by atoms with Gasteiger partial charge in [0.2, 0.25) is 0 Å². The molecule has 0 saturated heterocycles. The molecule has 2 N–H and O–H groups in total. The van der Waals surface area contributed by atoms with Crippen molar-refractivity contribution in [2.24, 2.45) is 0 Å². The fourth-order valence-electron chi connectivity index (χ4n) is 2.93. The van der Waals surface area contributed by atoms with Crippen LogP contribution in [0, 0.1) is 0 Å². The predicted molar refractivity (Wildman–Crippen MR) is 82.1 cm³/mol. The van der Waals surface area contributed by atoms with E-state index in [0.717, 1.165) is 10.9 Å². The Balaban J connectivity index is 1.82. The molecule has 0 bridgehead atoms. The lowest BCUT2D eigenvalue weighted by atomic mass is 9.95. The summed E-state index contributed by atoms with van der Waals surface area (Å²) in [7, 11) is 0. The number of hydrogen-bond donors (Lipinski definition) is 2. The number of nitrogens with one attached hydrogen (secondary N) is 1. The van der Waals surface area contributed by atoms with Gasteiger partial charge in [0.1, 0.15) is 11.3 Å². The molecule has 3 nitrogen and oxygen atoms in total. The fourth-order valence-corrected chi connectivity index (χ4v) is 3.22. The number of hydrogen-bond acceptors (Lipinski definition) is 3. The van der Waals surface area contributed by atoms with Gasteiger partial charge < -0.3 is 10.4 Å². The van der Waals surface area contributed by atoms with Gasteiger partial charge in [0.15, 0.2) is 0 Å². The number of benzene rings is 1. The first-order chi connectivity index (χ1) is 9.75. The lowest BCUT2D eigenvalue weighted by Crippen LogP contribution is -2.30. The molecule has 0 amide bonds. The molecule has 1 aromatic carbocycles. The molecule has 4 heteroatoms. The molecule has 0 aliphatic heterocycles. The molecule has 0 unspecified atom stereocenters. The van der Waals surface area contributed by atoms with Crippen LogP contribution in [0.5, 0.6) is 5.75 Å². The van der Waals surface area contributed by atoms with E-state index >= 15 is 0 Å². The van der Waals surface area contributed by atoms with Crippen LogP contribution in [0.25, 0.3) is 10.9 Å². The Bertz CT molecular complexity index is 609. The molecule has 1 aromatic heterocycles. The van der Waals surface area contributed by atoms with Crippen molar-refractivity contribution in [2.45, 2.75) is 44.7 Å². The van der Waals surface area contributed by atoms with E-state index in [1.807, 2.05) is 18.2 Å². The third-order valence-corrected chi connectivity index (χ3v) is 4.39. The molecule has 1 saturated carbocycles. The van der Waals surface area contributed by atoms with Crippen LogP contribution in [0.15, 0.2) is 24.4 Å². The van der Waals surface area contributed by atoms with Gasteiger partial charge in [0.05, 0.1) is 5.02 Å². The number of phenolic OH excluding ortho intramolecular Hbond substituents is 1. The van der Waals surface area contributed by atoms with Crippen molar-refractivity contribution in [1.82, 2.24) is 10.3 Å². The van der Waals surface area contributed by atoms with E-state index in [-0.39, 0.29) is 5.75 Å². The number of rotatable bonds is 3. The highest BCUT2D eigenvalue weighted by Gasteiger charge is 2.15. The first-order valence-electron chi connectivity index (χ1n) is 7.24. The van der Waals surface area contributed by atoms with E-state index in [9.17, 15) is 5.11 Å². The van der Waals surface area contributed by atoms with Gasteiger partial charge in [-0.05, 0) is 31.0 Å². The molecule has 2 aromatic rings. The SMILES string of the molecule is Oc1c(CNC2CCCCC2)cc(Cl)c2cccnc12. The summed E-state index contributed by atoms with van der Waals surface area (Å²) in [6.45, 7) is 0.642. The Morgan fingerprint density at radius 3 is 2.90 bits per heavy atom. The molecule has 1 aliphatic carbocycles. The highest BCUT2D eigenvalue weighted by atomic mass is 35.5. The van der Waals surface area contributed by atoms with E-state index in [2.05, 4.69) is 10.3 Å². The molecule has 1 aliphatic rings. The van der Waals surface area contributed by atoms with E-state index in [0.29, 0.717) is 23.1 Å². The Morgan fingerprint density at radius 2 is 2.10 bits per heavy atom. The van der Waals surface area contributed by atoms with Crippen molar-refractivity contribution in [3.8, 4) is 5.75 Å². The number of halogens is 1. The normalized spacial score (nSPS) is 16.6. The van der Waals surface area contributed by atoms with Crippen molar-refractivity contribution < 1.29 is 5.11 Å². The largest absolute Gasteiger partial charge is 0.505 e. The number of aromatic hydroxyl groups is 1. The molecule has 0 atom stereocenters. The lowest BCUT2D eigenvalue weighted by Gasteiger charge is -2.23. The molecule has 1 heterocycles. The van der Waals surface area contributed by atoms with E-state index < -0.39 is 0 Å². The van der Waals surface area contributed by atoms with Crippen LogP contribution in [0.4, 0.5) is 0 Å². The quantitative estimate of drug-likeness (QED) is 0.897. The molecule has 20 heavy (non-hydrogen) atoms. The van der Waals surface area contributed by atoms with E-state index in [4.69, 9.17) is 11.6 Å². The average Bonchev–Trinajstić information content (AvgIpc) is 2.50. The van der Waals surface area contributed by atoms with Crippen molar-refractivity contribution in [2.75, 3.05) is 0 Å². The average molecular weight is 291 g/mol. The molecular weight excluding hydrogens is 272 g/mol. The second kappa shape index (κ2) is 5.98. The predicted octanol–water partition coefficient (Wildman–Crippen LogP) is 4.02. The highest BCUT2D eigenvalue weighted by Crippen LogP contribution is 2.33. The zero-order valence-electron chi connectivity index (χ0n) is 11.4. The number of phenols is 1. The molecule has 3 rings (SSSR count). The van der Waals surface area contributed by atoms with Gasteiger partial charge in [-0.2, -0.15) is 0 Å². The number of aromatic nitrogens is 1. The Kier molecular flexibility index (Phi) is 4.08. The second-order valence-electron chi connectivity index (χ2n) is 5.48. The first kappa shape index (κ1) is 13.7. The summed E-state index contributed by atoms with van der Waals surface area (Å²) < 4.78 is 0. The molecule has 106 valence electrons. The topological polar surface area (TPSA) is 45.1 Å². The standard InChI is InChI=1S/C16H19ClN2O/c17-14-9-11(10-19-12-5-2-1-3-6-12)16(20)15-13(14)7-4-8-18-15/h4,7-9,12,19-20H,1-3,5-6,10H2. The highest BCUT2D eigenvalue weighted by molar-refractivity contribution is 6.35. The lowest BCUT2D eigenvalue weighted by molar-refractivity contribution is 0.369. The summed E-state index contributed by atoms with van der Waals surface area (Å²) in [4.78, 5) is 4.23. The summed E-state index contributed by atoms with van der Waals surface area (Å²) in [6, 6.07) is 6.11. The van der Waals surface area contributed by atoms with Gasteiger partial charge >= 0.3 is 0 Å². The summed E-state index contributed by atoms with van der Waals surface area (Å²) in [5.74, 6) is 0.244. The van der Waals surface area contributed by atoms with Crippen LogP contribution in [0.3, 0.4) is 0 Å². The van der Waals surface area contributed by atoms with Gasteiger partial charge in [0, 0.05) is 29.7 Å². The molecule has 0 spiro atoms. The maximum Gasteiger partial charge on any atom is 0.146 e. The van der Waals surface area contributed by atoms with Crippen molar-refractivity contribution >= 4 is 22.5 Å². The van der Waals surface area contributed by atoms with Crippen molar-refractivity contribution in [3.63, 3.8) is 0 Å². The number of pyridine rings is 1. The van der Waals surface area contributed by atoms with Crippen LogP contribution in [-0.4, -0.2) is 16.1 Å². The van der Waals surface area contributed by atoms with Crippen molar-refractivity contribution in [3.05, 3.63) is 35.0 Å². The monoisotopic (exact) mass is 290 g/mol. The zero-order chi connectivity index (χ0) is 13.9. The van der Waals surface area contributed by atoms with Crippen LogP contribution < -0.4 is 5.32 Å². The first-order valence-corrected chi connectivity index (χ1v) is 7.62. The van der Waals surface area contributed by atoms with Crippen LogP contribution in [0.1, 0.15) is 37.7 Å². The minimum Gasteiger partial charge on any atom is -0.505 e. The third kappa shape index (κ3) is 2.74. The van der Waals surface area contributed by atoms with Crippen LogP contribution >= 0.6 is 11.6 Å². The minimum absolute atomic E-state index is 0.244. The van der Waals surface area contributed by atoms with Crippen LogP contribution in [-0.2, 0) is 6.54 Å². The maximum absolute atomic E-state index is 10.3. The third-order valence-electron chi connectivity index (χ3n) is 4.08. The minimum atomic E-state index is 0.244. The second-order valence-corrected chi connectivity index (χ2v) is 5.89. The smallest absolute Gasteiger partial charge is 0.146 e. The Labute approximate surface area is 124 Å². The number of fused-ring (bicyclic) bond motifs is 1. The van der Waals surface area contributed by atoms with Crippen LogP contribution in [0.2, 0.25) is 5.02 Å². The molecule has 0 radical (unpaired) electrons. The summed E-state index contributed by atoms with van der Waals surface area (Å²) in [5, 5.41) is 15.3. The molecular formula is C16H19ClN2O. The molecule has 1 fully saturated rings. The van der Waals surface area contributed by atoms with Gasteiger partial charge in [-0.3, -0.25) is 4.98 Å². The Morgan fingerprint density at radius 1 is 1.30 bits per heavy atom. The van der Waals surface area contributed by atoms with E-state index in [1.54, 1.807) is 6.20 Å². The maximum atomic E-state index is 10.3. The zero-order valence-corrected chi connectivity index (χ0v) is 12.2. The van der Waals surface area contributed by atoms with Gasteiger partial charge in [0.25, 0.3) is 0 Å². The van der Waals surface area contributed by atoms with E-state index in [1.165, 1.54) is 32.1 Å². The summed E-state index contributed by atoms with van der Waals surface area (Å²) in [5.41, 5.74) is 1.41. The van der Waals surface area contributed by atoms with Gasteiger partial charge in [-0.1, -0.05) is 30.9 Å². The fraction of sp³-hybridized carbons (Fsp3) is 0.438. The van der Waals surface area contributed by atoms with Gasteiger partial charge in [-0.25, -0.2) is 0 Å². The Hall–Kier alpha value is -1.32. The number of nitrogens with zero attached hydrogens (tertiary/aromatic N) is 1. The summed E-state index contributed by atoms with van der Waals surface area (Å²) >= 11 is 6.28. The van der Waals surface area contributed by atoms with Crippen molar-refractivity contribution in [1.29, 1.82) is 0 Å². The summed E-state index contributed by atoms with van der Waals surface area (Å²) in [6.07, 6.45) is 8.06. The van der Waals surface area contributed by atoms with Gasteiger partial charge in [-0.15, -0.1) is 0 Å².